The third-order valence-corrected chi connectivity index (χ3v) is 7.62. The number of fused-ring (bicyclic) bond motifs is 7. The highest BCUT2D eigenvalue weighted by atomic mass is 14.8. The summed E-state index contributed by atoms with van der Waals surface area (Å²) in [6.45, 7) is 0. The Balaban J connectivity index is 1.23. The van der Waals surface area contributed by atoms with Gasteiger partial charge in [0, 0.05) is 34.3 Å². The second-order valence-electron chi connectivity index (χ2n) is 9.90. The molecule has 0 saturated carbocycles. The molecule has 38 heavy (non-hydrogen) atoms. The van der Waals surface area contributed by atoms with E-state index in [9.17, 15) is 0 Å². The lowest BCUT2D eigenvalue weighted by Crippen LogP contribution is -2.07. The first-order valence-corrected chi connectivity index (χ1v) is 12.9. The summed E-state index contributed by atoms with van der Waals surface area (Å²) in [7, 11) is 0. The van der Waals surface area contributed by atoms with Crippen molar-refractivity contribution < 1.29 is 0 Å². The van der Waals surface area contributed by atoms with Crippen LogP contribution < -0.4 is 0 Å². The molecule has 4 aromatic heterocycles. The summed E-state index contributed by atoms with van der Waals surface area (Å²) >= 11 is 0. The number of hydrogen-bond donors (Lipinski definition) is 0. The van der Waals surface area contributed by atoms with Crippen LogP contribution in [0.2, 0.25) is 0 Å². The highest BCUT2D eigenvalue weighted by Gasteiger charge is 2.19. The molecule has 0 amide bonds. The molecule has 4 heteroatoms. The van der Waals surface area contributed by atoms with Gasteiger partial charge in [0.05, 0.1) is 33.8 Å². The highest BCUT2D eigenvalue weighted by molar-refractivity contribution is 6.03. The third-order valence-electron chi connectivity index (χ3n) is 7.62. The molecule has 4 nitrogen and oxygen atoms in total. The number of aromatic nitrogens is 4. The van der Waals surface area contributed by atoms with E-state index in [4.69, 9.17) is 9.97 Å². The Hall–Kier alpha value is -4.96. The van der Waals surface area contributed by atoms with Gasteiger partial charge >= 0.3 is 0 Å². The Morgan fingerprint density at radius 1 is 0.447 bits per heavy atom. The molecular formula is C34H22N4. The van der Waals surface area contributed by atoms with Gasteiger partial charge in [0.15, 0.2) is 0 Å². The van der Waals surface area contributed by atoms with Crippen molar-refractivity contribution in [2.24, 2.45) is 0 Å². The van der Waals surface area contributed by atoms with Gasteiger partial charge in [0.1, 0.15) is 0 Å². The van der Waals surface area contributed by atoms with Gasteiger partial charge in [0.2, 0.25) is 0 Å². The Labute approximate surface area is 219 Å². The van der Waals surface area contributed by atoms with Crippen LogP contribution in [-0.2, 0) is 12.8 Å². The largest absolute Gasteiger partial charge is 0.254 e. The molecule has 0 atom stereocenters. The van der Waals surface area contributed by atoms with Crippen LogP contribution >= 0.6 is 0 Å². The summed E-state index contributed by atoms with van der Waals surface area (Å²) in [5.41, 5.74) is 10.5. The molecule has 0 saturated heterocycles. The van der Waals surface area contributed by atoms with Crippen molar-refractivity contribution in [2.45, 2.75) is 12.8 Å². The second kappa shape index (κ2) is 8.29. The first-order valence-electron chi connectivity index (χ1n) is 12.9. The van der Waals surface area contributed by atoms with Gasteiger partial charge in [-0.05, 0) is 71.1 Å². The van der Waals surface area contributed by atoms with Crippen LogP contribution in [0.1, 0.15) is 11.1 Å². The van der Waals surface area contributed by atoms with Crippen LogP contribution in [0.25, 0.3) is 66.5 Å². The molecule has 3 aromatic carbocycles. The fourth-order valence-electron chi connectivity index (χ4n) is 5.63. The molecule has 7 aromatic rings. The summed E-state index contributed by atoms with van der Waals surface area (Å²) in [5.74, 6) is 0. The Bertz CT molecular complexity index is 2040. The lowest BCUT2D eigenvalue weighted by molar-refractivity contribution is 0.913. The van der Waals surface area contributed by atoms with Gasteiger partial charge in [0.25, 0.3) is 0 Å². The molecule has 0 fully saturated rings. The van der Waals surface area contributed by atoms with E-state index >= 15 is 0 Å². The molecular weight excluding hydrogens is 464 g/mol. The number of nitrogens with zero attached hydrogens (tertiary/aromatic N) is 4. The number of rotatable bonds is 2. The normalized spacial score (nSPS) is 12.5. The summed E-state index contributed by atoms with van der Waals surface area (Å²) in [5, 5.41) is 4.55. The smallest absolute Gasteiger partial charge is 0.0972 e. The van der Waals surface area contributed by atoms with Crippen LogP contribution in [0.5, 0.6) is 0 Å². The predicted molar refractivity (Wildman–Crippen MR) is 154 cm³/mol. The minimum Gasteiger partial charge on any atom is -0.254 e. The van der Waals surface area contributed by atoms with Crippen molar-refractivity contribution in [3.63, 3.8) is 0 Å². The molecule has 0 spiro atoms. The summed E-state index contributed by atoms with van der Waals surface area (Å²) in [4.78, 5) is 19.4. The van der Waals surface area contributed by atoms with E-state index in [1.165, 1.54) is 16.5 Å². The third kappa shape index (κ3) is 3.38. The topological polar surface area (TPSA) is 51.6 Å². The van der Waals surface area contributed by atoms with E-state index in [2.05, 4.69) is 94.9 Å². The molecule has 4 heterocycles. The molecule has 0 unspecified atom stereocenters. The Morgan fingerprint density at radius 2 is 1.08 bits per heavy atom. The monoisotopic (exact) mass is 486 g/mol. The zero-order chi connectivity index (χ0) is 25.1. The minimum atomic E-state index is 0.932. The van der Waals surface area contributed by atoms with Crippen molar-refractivity contribution in [3.8, 4) is 33.9 Å². The summed E-state index contributed by atoms with van der Waals surface area (Å²) in [6, 6.07) is 34.1. The quantitative estimate of drug-likeness (QED) is 0.234. The first-order chi connectivity index (χ1) is 18.8. The average molecular weight is 487 g/mol. The van der Waals surface area contributed by atoms with Gasteiger partial charge < -0.3 is 0 Å². The number of hydrogen-bond acceptors (Lipinski definition) is 4. The molecule has 0 N–H and O–H groups in total. The molecule has 0 bridgehead atoms. The van der Waals surface area contributed by atoms with Gasteiger partial charge in [-0.2, -0.15) is 0 Å². The van der Waals surface area contributed by atoms with Crippen LogP contribution in [-0.4, -0.2) is 19.9 Å². The van der Waals surface area contributed by atoms with Gasteiger partial charge in [-0.3, -0.25) is 9.97 Å². The maximum Gasteiger partial charge on any atom is 0.0972 e. The van der Waals surface area contributed by atoms with Crippen molar-refractivity contribution in [3.05, 3.63) is 121 Å². The molecule has 8 rings (SSSR count). The van der Waals surface area contributed by atoms with E-state index in [0.717, 1.165) is 73.9 Å². The Morgan fingerprint density at radius 3 is 1.92 bits per heavy atom. The Kier molecular flexibility index (Phi) is 4.61. The van der Waals surface area contributed by atoms with E-state index in [1.54, 1.807) is 0 Å². The van der Waals surface area contributed by atoms with E-state index < -0.39 is 0 Å². The summed E-state index contributed by atoms with van der Waals surface area (Å²) < 4.78 is 0. The summed E-state index contributed by atoms with van der Waals surface area (Å²) in [6.07, 6.45) is 5.72. The van der Waals surface area contributed by atoms with E-state index in [1.807, 2.05) is 24.5 Å². The number of benzene rings is 3. The van der Waals surface area contributed by atoms with Crippen molar-refractivity contribution in [1.82, 2.24) is 19.9 Å². The lowest BCUT2D eigenvalue weighted by atomic mass is 9.92. The zero-order valence-corrected chi connectivity index (χ0v) is 20.6. The van der Waals surface area contributed by atoms with Gasteiger partial charge in [-0.25, -0.2) is 9.97 Å². The molecule has 0 radical (unpaired) electrons. The van der Waals surface area contributed by atoms with Gasteiger partial charge in [-0.1, -0.05) is 60.7 Å². The standard InChI is InChI=1S/C34H22N4/c1-3-22-7-9-24-13-15-29(37-33(24)31(22)35-17-1)26-11-5-21-6-12-27(20-28(21)19-26)30-16-14-25-10-8-23-4-2-18-36-32(23)34(25)38-30/h1-7,9,11-20H,8,10H2. The van der Waals surface area contributed by atoms with Crippen LogP contribution in [0.4, 0.5) is 0 Å². The molecule has 0 aliphatic heterocycles. The lowest BCUT2D eigenvalue weighted by Gasteiger charge is -2.18. The first kappa shape index (κ1) is 21.2. The molecule has 178 valence electrons. The van der Waals surface area contributed by atoms with Crippen molar-refractivity contribution in [2.75, 3.05) is 0 Å². The zero-order valence-electron chi connectivity index (χ0n) is 20.6. The highest BCUT2D eigenvalue weighted by Crippen LogP contribution is 2.34. The average Bonchev–Trinajstić information content (AvgIpc) is 3.00. The van der Waals surface area contributed by atoms with Crippen LogP contribution in [0.15, 0.2) is 109 Å². The fourth-order valence-corrected chi connectivity index (χ4v) is 5.63. The van der Waals surface area contributed by atoms with Crippen LogP contribution in [0.3, 0.4) is 0 Å². The SMILES string of the molecule is c1cnc2c(c1)CCc1ccc(-c3ccc4ccc(-c5ccc6ccc7cccnc7c6n5)cc4c3)nc1-2. The number of pyridine rings is 4. The van der Waals surface area contributed by atoms with Gasteiger partial charge in [-0.15, -0.1) is 0 Å². The minimum absolute atomic E-state index is 0.932. The maximum absolute atomic E-state index is 5.09. The second-order valence-corrected chi connectivity index (χ2v) is 9.90. The molecule has 1 aliphatic rings. The maximum atomic E-state index is 5.09. The number of aryl methyl sites for hydroxylation is 2. The van der Waals surface area contributed by atoms with Crippen LogP contribution in [0, 0.1) is 0 Å². The van der Waals surface area contributed by atoms with Crippen molar-refractivity contribution >= 4 is 32.6 Å². The van der Waals surface area contributed by atoms with E-state index in [-0.39, 0.29) is 0 Å². The van der Waals surface area contributed by atoms with E-state index in [0.29, 0.717) is 0 Å². The fraction of sp³-hybridized carbons (Fsp3) is 0.0588. The molecule has 1 aliphatic carbocycles. The predicted octanol–water partition coefficient (Wildman–Crippen LogP) is 7.83. The van der Waals surface area contributed by atoms with Crippen molar-refractivity contribution in [1.29, 1.82) is 0 Å².